The van der Waals surface area contributed by atoms with Crippen molar-refractivity contribution in [2.24, 2.45) is 0 Å². The van der Waals surface area contributed by atoms with Crippen LogP contribution in [-0.4, -0.2) is 26.9 Å². The second kappa shape index (κ2) is 9.36. The smallest absolute Gasteiger partial charge is 0.123 e. The lowest BCUT2D eigenvalue weighted by Gasteiger charge is -2.12. The van der Waals surface area contributed by atoms with Crippen LogP contribution in [0.3, 0.4) is 0 Å². The summed E-state index contributed by atoms with van der Waals surface area (Å²) < 4.78 is 11.8. The average molecular weight is 316 g/mol. The SMILES string of the molecule is CCCOc1ccc(Br)cc1CNCCCOC. The van der Waals surface area contributed by atoms with Gasteiger partial charge in [0.1, 0.15) is 5.75 Å². The minimum atomic E-state index is 0.762. The van der Waals surface area contributed by atoms with E-state index in [0.717, 1.165) is 49.4 Å². The summed E-state index contributed by atoms with van der Waals surface area (Å²) in [5, 5.41) is 3.40. The van der Waals surface area contributed by atoms with Crippen LogP contribution in [0.1, 0.15) is 25.3 Å². The Morgan fingerprint density at radius 3 is 2.83 bits per heavy atom. The molecule has 0 aliphatic carbocycles. The van der Waals surface area contributed by atoms with E-state index in [-0.39, 0.29) is 0 Å². The second-order valence-electron chi connectivity index (χ2n) is 4.12. The van der Waals surface area contributed by atoms with Gasteiger partial charge in [-0.05, 0) is 37.6 Å². The highest BCUT2D eigenvalue weighted by molar-refractivity contribution is 9.10. The van der Waals surface area contributed by atoms with Crippen molar-refractivity contribution in [1.82, 2.24) is 5.32 Å². The number of hydrogen-bond donors (Lipinski definition) is 1. The monoisotopic (exact) mass is 315 g/mol. The number of nitrogens with one attached hydrogen (secondary N) is 1. The molecule has 0 bridgehead atoms. The third kappa shape index (κ3) is 5.85. The topological polar surface area (TPSA) is 30.5 Å². The lowest BCUT2D eigenvalue weighted by molar-refractivity contribution is 0.194. The Kier molecular flexibility index (Phi) is 8.05. The molecule has 0 saturated carbocycles. The van der Waals surface area contributed by atoms with E-state index in [1.807, 2.05) is 12.1 Å². The fourth-order valence-corrected chi connectivity index (χ4v) is 2.01. The molecule has 0 fully saturated rings. The zero-order valence-corrected chi connectivity index (χ0v) is 12.8. The standard InChI is InChI=1S/C14H22BrNO2/c1-3-8-18-14-6-5-13(15)10-12(14)11-16-7-4-9-17-2/h5-6,10,16H,3-4,7-9,11H2,1-2H3. The van der Waals surface area contributed by atoms with E-state index in [9.17, 15) is 0 Å². The second-order valence-corrected chi connectivity index (χ2v) is 5.04. The summed E-state index contributed by atoms with van der Waals surface area (Å²) in [7, 11) is 1.73. The molecular formula is C14H22BrNO2. The maximum absolute atomic E-state index is 5.73. The Morgan fingerprint density at radius 2 is 2.11 bits per heavy atom. The quantitative estimate of drug-likeness (QED) is 0.709. The molecule has 18 heavy (non-hydrogen) atoms. The molecule has 1 aromatic carbocycles. The molecular weight excluding hydrogens is 294 g/mol. The van der Waals surface area contributed by atoms with Crippen molar-refractivity contribution in [3.05, 3.63) is 28.2 Å². The molecule has 1 aromatic rings. The average Bonchev–Trinajstić information content (AvgIpc) is 2.37. The van der Waals surface area contributed by atoms with Gasteiger partial charge in [-0.3, -0.25) is 0 Å². The first-order chi connectivity index (χ1) is 8.77. The Labute approximate surface area is 118 Å². The van der Waals surface area contributed by atoms with Crippen LogP contribution in [0.5, 0.6) is 5.75 Å². The molecule has 0 radical (unpaired) electrons. The van der Waals surface area contributed by atoms with E-state index >= 15 is 0 Å². The molecule has 0 aliphatic rings. The summed E-state index contributed by atoms with van der Waals surface area (Å²) in [6.07, 6.45) is 2.05. The first kappa shape index (κ1) is 15.5. The van der Waals surface area contributed by atoms with Crippen LogP contribution in [0, 0.1) is 0 Å². The lowest BCUT2D eigenvalue weighted by Crippen LogP contribution is -2.17. The van der Waals surface area contributed by atoms with E-state index in [1.54, 1.807) is 7.11 Å². The van der Waals surface area contributed by atoms with Crippen molar-refractivity contribution in [3.63, 3.8) is 0 Å². The Balaban J connectivity index is 2.47. The van der Waals surface area contributed by atoms with Gasteiger partial charge in [-0.1, -0.05) is 22.9 Å². The van der Waals surface area contributed by atoms with Crippen LogP contribution in [0.2, 0.25) is 0 Å². The molecule has 1 N–H and O–H groups in total. The first-order valence-electron chi connectivity index (χ1n) is 6.38. The van der Waals surface area contributed by atoms with Gasteiger partial charge >= 0.3 is 0 Å². The van der Waals surface area contributed by atoms with Gasteiger partial charge in [-0.15, -0.1) is 0 Å². The van der Waals surface area contributed by atoms with Crippen LogP contribution in [0.4, 0.5) is 0 Å². The van der Waals surface area contributed by atoms with Crippen molar-refractivity contribution < 1.29 is 9.47 Å². The normalized spacial score (nSPS) is 10.6. The molecule has 0 atom stereocenters. The maximum atomic E-state index is 5.73. The van der Waals surface area contributed by atoms with Crippen LogP contribution in [-0.2, 0) is 11.3 Å². The Bertz CT molecular complexity index is 345. The summed E-state index contributed by atoms with van der Waals surface area (Å²) in [6, 6.07) is 6.14. The van der Waals surface area contributed by atoms with Crippen molar-refractivity contribution in [2.45, 2.75) is 26.3 Å². The number of ether oxygens (including phenoxy) is 2. The molecule has 1 rings (SSSR count). The van der Waals surface area contributed by atoms with Crippen molar-refractivity contribution in [2.75, 3.05) is 26.9 Å². The van der Waals surface area contributed by atoms with Crippen LogP contribution >= 0.6 is 15.9 Å². The molecule has 0 heterocycles. The molecule has 4 heteroatoms. The number of methoxy groups -OCH3 is 1. The highest BCUT2D eigenvalue weighted by Gasteiger charge is 2.04. The van der Waals surface area contributed by atoms with E-state index in [2.05, 4.69) is 34.2 Å². The maximum Gasteiger partial charge on any atom is 0.123 e. The Hall–Kier alpha value is -0.580. The van der Waals surface area contributed by atoms with Gasteiger partial charge in [0.05, 0.1) is 6.61 Å². The fourth-order valence-electron chi connectivity index (χ4n) is 1.60. The van der Waals surface area contributed by atoms with Gasteiger partial charge in [0.2, 0.25) is 0 Å². The summed E-state index contributed by atoms with van der Waals surface area (Å²) in [5.74, 6) is 0.972. The molecule has 0 amide bonds. The predicted molar refractivity (Wildman–Crippen MR) is 78.1 cm³/mol. The molecule has 0 aliphatic heterocycles. The van der Waals surface area contributed by atoms with Gasteiger partial charge in [0.15, 0.2) is 0 Å². The number of rotatable bonds is 9. The third-order valence-electron chi connectivity index (χ3n) is 2.50. The zero-order valence-electron chi connectivity index (χ0n) is 11.2. The van der Waals surface area contributed by atoms with Gasteiger partial charge in [0, 0.05) is 30.3 Å². The van der Waals surface area contributed by atoms with Gasteiger partial charge in [-0.2, -0.15) is 0 Å². The fraction of sp³-hybridized carbons (Fsp3) is 0.571. The molecule has 0 saturated heterocycles. The summed E-state index contributed by atoms with van der Waals surface area (Å²) in [5.41, 5.74) is 1.19. The Morgan fingerprint density at radius 1 is 1.28 bits per heavy atom. The zero-order chi connectivity index (χ0) is 13.2. The molecule has 0 spiro atoms. The van der Waals surface area contributed by atoms with Crippen LogP contribution in [0.25, 0.3) is 0 Å². The molecule has 0 aromatic heterocycles. The largest absolute Gasteiger partial charge is 0.493 e. The summed E-state index contributed by atoms with van der Waals surface area (Å²) >= 11 is 3.50. The summed E-state index contributed by atoms with van der Waals surface area (Å²) in [6.45, 7) is 5.44. The predicted octanol–water partition coefficient (Wildman–Crippen LogP) is 3.36. The third-order valence-corrected chi connectivity index (χ3v) is 2.99. The molecule has 0 unspecified atom stereocenters. The van der Waals surface area contributed by atoms with Gasteiger partial charge < -0.3 is 14.8 Å². The minimum Gasteiger partial charge on any atom is -0.493 e. The lowest BCUT2D eigenvalue weighted by atomic mass is 10.2. The van der Waals surface area contributed by atoms with E-state index in [0.29, 0.717) is 0 Å². The number of hydrogen-bond acceptors (Lipinski definition) is 3. The van der Waals surface area contributed by atoms with E-state index < -0.39 is 0 Å². The van der Waals surface area contributed by atoms with Crippen molar-refractivity contribution in [3.8, 4) is 5.75 Å². The van der Waals surface area contributed by atoms with Crippen molar-refractivity contribution in [1.29, 1.82) is 0 Å². The van der Waals surface area contributed by atoms with Gasteiger partial charge in [-0.25, -0.2) is 0 Å². The van der Waals surface area contributed by atoms with Crippen molar-refractivity contribution >= 4 is 15.9 Å². The van der Waals surface area contributed by atoms with Gasteiger partial charge in [0.25, 0.3) is 0 Å². The van der Waals surface area contributed by atoms with Crippen LogP contribution in [0.15, 0.2) is 22.7 Å². The van der Waals surface area contributed by atoms with E-state index in [4.69, 9.17) is 9.47 Å². The number of halogens is 1. The highest BCUT2D eigenvalue weighted by atomic mass is 79.9. The first-order valence-corrected chi connectivity index (χ1v) is 7.18. The molecule has 102 valence electrons. The molecule has 3 nitrogen and oxygen atoms in total. The van der Waals surface area contributed by atoms with E-state index in [1.165, 1.54) is 5.56 Å². The van der Waals surface area contributed by atoms with Crippen LogP contribution < -0.4 is 10.1 Å². The number of benzene rings is 1. The highest BCUT2D eigenvalue weighted by Crippen LogP contribution is 2.23. The minimum absolute atomic E-state index is 0.762. The summed E-state index contributed by atoms with van der Waals surface area (Å²) in [4.78, 5) is 0.